The fourth-order valence-electron chi connectivity index (χ4n) is 5.73. The second-order valence-corrected chi connectivity index (χ2v) is 13.2. The summed E-state index contributed by atoms with van der Waals surface area (Å²) in [7, 11) is 0. The van der Waals surface area contributed by atoms with Crippen LogP contribution >= 0.6 is 0 Å². The predicted molar refractivity (Wildman–Crippen MR) is 184 cm³/mol. The van der Waals surface area contributed by atoms with E-state index in [-0.39, 0.29) is 44.5 Å². The molecule has 0 amide bonds. The van der Waals surface area contributed by atoms with Crippen LogP contribution in [0.3, 0.4) is 0 Å². The molecule has 0 radical (unpaired) electrons. The average Bonchev–Trinajstić information content (AvgIpc) is 3.02. The maximum absolute atomic E-state index is 13.0. The lowest BCUT2D eigenvalue weighted by Gasteiger charge is -2.29. The van der Waals surface area contributed by atoms with Gasteiger partial charge in [-0.1, -0.05) is 96.8 Å². The summed E-state index contributed by atoms with van der Waals surface area (Å²) in [6, 6.07) is 0. The summed E-state index contributed by atoms with van der Waals surface area (Å²) in [5.41, 5.74) is 0. The minimum Gasteiger partial charge on any atom is -0.481 e. The molecule has 0 bridgehead atoms. The van der Waals surface area contributed by atoms with E-state index in [4.69, 9.17) is 24.8 Å². The Balaban J connectivity index is 5.25. The van der Waals surface area contributed by atoms with E-state index in [9.17, 15) is 29.1 Å². The van der Waals surface area contributed by atoms with Crippen LogP contribution in [-0.2, 0) is 33.4 Å². The Morgan fingerprint density at radius 3 is 1.19 bits per heavy atom. The highest BCUT2D eigenvalue weighted by molar-refractivity contribution is 5.70. The molecule has 0 aromatic heterocycles. The number of unbranched alkanes of at least 4 members (excludes halogenated alkanes) is 16. The van der Waals surface area contributed by atoms with Crippen LogP contribution in [0.15, 0.2) is 0 Å². The zero-order chi connectivity index (χ0) is 35.8. The lowest BCUT2D eigenvalue weighted by molar-refractivity contribution is -0.171. The predicted octanol–water partition coefficient (Wildman–Crippen LogP) is 8.37. The van der Waals surface area contributed by atoms with Gasteiger partial charge in [0, 0.05) is 38.5 Å². The SMILES string of the molecule is CCCCCCC(O)CC(OC(=O)CCCCCCCC(=O)O)C(CCCCCCCC(=O)O)OC(=O)CCCCCCCCC(=O)O. The molecule has 0 saturated heterocycles. The van der Waals surface area contributed by atoms with Crippen molar-refractivity contribution in [3.05, 3.63) is 0 Å². The van der Waals surface area contributed by atoms with Gasteiger partial charge in [0.25, 0.3) is 0 Å². The van der Waals surface area contributed by atoms with Crippen molar-refractivity contribution in [1.29, 1.82) is 0 Å². The largest absolute Gasteiger partial charge is 0.481 e. The summed E-state index contributed by atoms with van der Waals surface area (Å²) in [6.07, 6.45) is 16.1. The number of aliphatic hydroxyl groups excluding tert-OH is 1. The quantitative estimate of drug-likeness (QED) is 0.0371. The molecule has 0 spiro atoms. The molecule has 0 aliphatic rings. The van der Waals surface area contributed by atoms with E-state index < -0.39 is 42.2 Å². The number of ether oxygens (including phenoxy) is 2. The number of hydrogen-bond donors (Lipinski definition) is 4. The molecular weight excluding hydrogens is 620 g/mol. The molecule has 0 aromatic rings. The van der Waals surface area contributed by atoms with Gasteiger partial charge in [-0.25, -0.2) is 0 Å². The monoisotopic (exact) mass is 686 g/mol. The van der Waals surface area contributed by atoms with Crippen LogP contribution in [0.2, 0.25) is 0 Å². The Bertz CT molecular complexity index is 860. The van der Waals surface area contributed by atoms with Gasteiger partial charge in [-0.15, -0.1) is 0 Å². The summed E-state index contributed by atoms with van der Waals surface area (Å²) in [5.74, 6) is -3.18. The Morgan fingerprint density at radius 2 is 0.771 bits per heavy atom. The highest BCUT2D eigenvalue weighted by Crippen LogP contribution is 2.23. The van der Waals surface area contributed by atoms with E-state index >= 15 is 0 Å². The van der Waals surface area contributed by atoms with Crippen molar-refractivity contribution in [1.82, 2.24) is 0 Å². The summed E-state index contributed by atoms with van der Waals surface area (Å²) < 4.78 is 11.9. The molecule has 11 heteroatoms. The van der Waals surface area contributed by atoms with Gasteiger partial charge in [-0.3, -0.25) is 24.0 Å². The molecule has 48 heavy (non-hydrogen) atoms. The van der Waals surface area contributed by atoms with Crippen LogP contribution in [0.1, 0.15) is 187 Å². The average molecular weight is 687 g/mol. The minimum absolute atomic E-state index is 0.138. The number of carboxylic acids is 3. The second-order valence-electron chi connectivity index (χ2n) is 13.2. The topological polar surface area (TPSA) is 185 Å². The van der Waals surface area contributed by atoms with Crippen molar-refractivity contribution in [2.24, 2.45) is 0 Å². The molecule has 3 unspecified atom stereocenters. The first-order valence-corrected chi connectivity index (χ1v) is 18.8. The lowest BCUT2D eigenvalue weighted by atomic mass is 9.97. The number of carboxylic acid groups (broad SMARTS) is 3. The highest BCUT2D eigenvalue weighted by Gasteiger charge is 2.30. The first-order valence-electron chi connectivity index (χ1n) is 18.8. The third-order valence-corrected chi connectivity index (χ3v) is 8.55. The maximum Gasteiger partial charge on any atom is 0.306 e. The van der Waals surface area contributed by atoms with Gasteiger partial charge in [0.2, 0.25) is 0 Å². The number of rotatable bonds is 35. The maximum atomic E-state index is 13.0. The zero-order valence-corrected chi connectivity index (χ0v) is 29.7. The third kappa shape index (κ3) is 30.6. The van der Waals surface area contributed by atoms with Crippen molar-refractivity contribution < 1.29 is 53.9 Å². The molecule has 0 saturated carbocycles. The van der Waals surface area contributed by atoms with E-state index in [0.717, 1.165) is 89.9 Å². The zero-order valence-electron chi connectivity index (χ0n) is 29.7. The van der Waals surface area contributed by atoms with E-state index in [0.29, 0.717) is 51.4 Å². The van der Waals surface area contributed by atoms with Crippen molar-refractivity contribution >= 4 is 29.8 Å². The van der Waals surface area contributed by atoms with Crippen molar-refractivity contribution in [2.75, 3.05) is 0 Å². The number of hydrogen-bond acceptors (Lipinski definition) is 8. The van der Waals surface area contributed by atoms with Crippen molar-refractivity contribution in [3.63, 3.8) is 0 Å². The minimum atomic E-state index is -0.810. The number of carbonyl (C=O) groups excluding carboxylic acids is 2. The summed E-state index contributed by atoms with van der Waals surface area (Å²) in [6.45, 7) is 2.12. The Hall–Kier alpha value is -2.69. The van der Waals surface area contributed by atoms with Gasteiger partial charge in [-0.2, -0.15) is 0 Å². The van der Waals surface area contributed by atoms with Crippen LogP contribution in [0.25, 0.3) is 0 Å². The molecule has 0 rings (SSSR count). The standard InChI is InChI=1S/C37H66O11/c1-2-3-4-15-22-30(38)29-32(48-37(46)28-21-14-8-12-19-26-35(43)44)31(23-16-9-7-11-18-25-34(41)42)47-36(45)27-20-13-6-5-10-17-24-33(39)40/h30-32,38H,2-29H2,1H3,(H,39,40)(H,41,42)(H,43,44). The smallest absolute Gasteiger partial charge is 0.306 e. The van der Waals surface area contributed by atoms with Gasteiger partial charge in [0.05, 0.1) is 6.10 Å². The molecule has 280 valence electrons. The molecule has 0 aliphatic heterocycles. The summed E-state index contributed by atoms with van der Waals surface area (Å²) >= 11 is 0. The third-order valence-electron chi connectivity index (χ3n) is 8.55. The Kier molecular flexibility index (Phi) is 29.8. The molecule has 0 fully saturated rings. The van der Waals surface area contributed by atoms with Gasteiger partial charge in [-0.05, 0) is 51.4 Å². The highest BCUT2D eigenvalue weighted by atomic mass is 16.6. The van der Waals surface area contributed by atoms with Crippen LogP contribution in [-0.4, -0.2) is 68.6 Å². The Labute approximate surface area is 288 Å². The molecule has 0 aromatic carbocycles. The Morgan fingerprint density at radius 1 is 0.438 bits per heavy atom. The van der Waals surface area contributed by atoms with Gasteiger partial charge < -0.3 is 29.9 Å². The molecule has 11 nitrogen and oxygen atoms in total. The fourth-order valence-corrected chi connectivity index (χ4v) is 5.73. The van der Waals surface area contributed by atoms with E-state index in [1.807, 2.05) is 0 Å². The normalized spacial score (nSPS) is 13.0. The van der Waals surface area contributed by atoms with Crippen LogP contribution < -0.4 is 0 Å². The molecule has 0 aliphatic carbocycles. The van der Waals surface area contributed by atoms with Gasteiger partial charge in [0.1, 0.15) is 12.2 Å². The second kappa shape index (κ2) is 31.6. The first kappa shape index (κ1) is 45.3. The molecule has 0 heterocycles. The number of esters is 2. The van der Waals surface area contributed by atoms with Crippen molar-refractivity contribution in [2.45, 2.75) is 205 Å². The van der Waals surface area contributed by atoms with Gasteiger partial charge >= 0.3 is 29.8 Å². The first-order chi connectivity index (χ1) is 23.0. The summed E-state index contributed by atoms with van der Waals surface area (Å²) in [4.78, 5) is 58.1. The number of aliphatic carboxylic acids is 3. The van der Waals surface area contributed by atoms with Crippen LogP contribution in [0.5, 0.6) is 0 Å². The van der Waals surface area contributed by atoms with Gasteiger partial charge in [0.15, 0.2) is 0 Å². The summed E-state index contributed by atoms with van der Waals surface area (Å²) in [5, 5.41) is 37.3. The van der Waals surface area contributed by atoms with Crippen LogP contribution in [0.4, 0.5) is 0 Å². The van der Waals surface area contributed by atoms with E-state index in [1.54, 1.807) is 0 Å². The van der Waals surface area contributed by atoms with Crippen LogP contribution in [0, 0.1) is 0 Å². The lowest BCUT2D eigenvalue weighted by Crippen LogP contribution is -2.38. The number of carbonyl (C=O) groups is 5. The van der Waals surface area contributed by atoms with E-state index in [2.05, 4.69) is 6.92 Å². The number of aliphatic hydroxyl groups is 1. The molecular formula is C37H66O11. The molecule has 4 N–H and O–H groups in total. The van der Waals surface area contributed by atoms with Crippen molar-refractivity contribution in [3.8, 4) is 0 Å². The molecule has 3 atom stereocenters. The fraction of sp³-hybridized carbons (Fsp3) is 0.865. The van der Waals surface area contributed by atoms with E-state index in [1.165, 1.54) is 0 Å².